The molecule has 0 aromatic heterocycles. The molecule has 1 unspecified atom stereocenters. The van der Waals surface area contributed by atoms with E-state index in [1.807, 2.05) is 78.8 Å². The van der Waals surface area contributed by atoms with Crippen molar-refractivity contribution >= 4 is 14.4 Å². The van der Waals surface area contributed by atoms with Crippen LogP contribution in [0.1, 0.15) is 83.1 Å². The molecule has 0 amide bonds. The average Bonchev–Trinajstić information content (AvgIpc) is 2.68. The largest absolute Gasteiger partial charge is 0.516 e. The zero-order valence-corrected chi connectivity index (χ0v) is 20.9. The smallest absolute Gasteiger partial charge is 0.451 e. The van der Waals surface area contributed by atoms with Gasteiger partial charge in [-0.1, -0.05) is 97.4 Å². The van der Waals surface area contributed by atoms with Gasteiger partial charge in [0.15, 0.2) is 5.78 Å². The van der Waals surface area contributed by atoms with Crippen molar-refractivity contribution in [3.05, 3.63) is 65.7 Å². The minimum absolute atomic E-state index is 0.248. The molecule has 5 heteroatoms. The zero-order valence-electron chi connectivity index (χ0n) is 19.9. The summed E-state index contributed by atoms with van der Waals surface area (Å²) < 4.78 is 22.7. The first-order valence-electron chi connectivity index (χ1n) is 11.1. The van der Waals surface area contributed by atoms with E-state index in [0.29, 0.717) is 12.0 Å². The number of carbonyl (C=O) groups excluding carboxylic acids is 1. The van der Waals surface area contributed by atoms with Crippen LogP contribution < -0.4 is 4.43 Å². The van der Waals surface area contributed by atoms with E-state index < -0.39 is 30.7 Å². The fraction of sp³-hybridized carbons (Fsp3) is 0.500. The summed E-state index contributed by atoms with van der Waals surface area (Å²) in [5.41, 5.74) is 1.06. The Labute approximate surface area is 188 Å². The number of rotatable bonds is 8. The Hall–Kier alpha value is -1.98. The molecule has 0 bridgehead atoms. The number of hydrogen-bond donors (Lipinski definition) is 1. The Balaban J connectivity index is 2.55. The molecule has 0 aliphatic carbocycles. The van der Waals surface area contributed by atoms with Gasteiger partial charge in [0.1, 0.15) is 5.75 Å². The number of aliphatic hydroxyl groups excluding tert-OH is 1. The van der Waals surface area contributed by atoms with E-state index in [2.05, 4.69) is 0 Å². The van der Waals surface area contributed by atoms with E-state index in [9.17, 15) is 9.90 Å². The van der Waals surface area contributed by atoms with Crippen LogP contribution in [0.5, 0.6) is 5.75 Å². The van der Waals surface area contributed by atoms with Crippen molar-refractivity contribution < 1.29 is 18.4 Å². The summed E-state index contributed by atoms with van der Waals surface area (Å²) in [6.07, 6.45) is 0.426. The molecule has 2 aromatic carbocycles. The topological polar surface area (TPSA) is 46.5 Å². The number of para-hydroxylation sites is 1. The normalized spacial score (nSPS) is 14.7. The van der Waals surface area contributed by atoms with Crippen molar-refractivity contribution in [2.75, 3.05) is 0 Å². The number of hydrogen-bond acceptors (Lipinski definition) is 3. The van der Waals surface area contributed by atoms with Crippen LogP contribution >= 0.6 is 0 Å². The fourth-order valence-electron chi connectivity index (χ4n) is 4.18. The molecule has 2 aromatic rings. The van der Waals surface area contributed by atoms with Crippen LogP contribution in [0.4, 0.5) is 4.11 Å². The van der Waals surface area contributed by atoms with Gasteiger partial charge in [-0.15, -0.1) is 0 Å². The zero-order chi connectivity index (χ0) is 23.4. The lowest BCUT2D eigenvalue weighted by Crippen LogP contribution is -2.53. The van der Waals surface area contributed by atoms with Crippen molar-refractivity contribution in [1.29, 1.82) is 0 Å². The summed E-state index contributed by atoms with van der Waals surface area (Å²) in [5.74, 6) is -0.719. The molecule has 0 spiro atoms. The fourth-order valence-corrected chi connectivity index (χ4v) is 7.52. The van der Waals surface area contributed by atoms with E-state index >= 15 is 4.11 Å². The van der Waals surface area contributed by atoms with Gasteiger partial charge in [-0.25, -0.2) is 0 Å². The molecule has 0 aliphatic rings. The third-order valence-corrected chi connectivity index (χ3v) is 10.1. The van der Waals surface area contributed by atoms with Gasteiger partial charge in [0.25, 0.3) is 0 Å². The van der Waals surface area contributed by atoms with Crippen LogP contribution in [0.15, 0.2) is 54.6 Å². The molecule has 3 nitrogen and oxygen atoms in total. The van der Waals surface area contributed by atoms with E-state index in [0.717, 1.165) is 12.0 Å². The molecule has 0 heterocycles. The summed E-state index contributed by atoms with van der Waals surface area (Å²) in [4.78, 5) is 13.7. The van der Waals surface area contributed by atoms with Gasteiger partial charge >= 0.3 is 8.65 Å². The molecule has 1 N–H and O–H groups in total. The van der Waals surface area contributed by atoms with E-state index in [-0.39, 0.29) is 11.5 Å². The Bertz CT molecular complexity index is 854. The van der Waals surface area contributed by atoms with Gasteiger partial charge in [-0.3, -0.25) is 8.90 Å². The second-order valence-corrected chi connectivity index (χ2v) is 14.7. The van der Waals surface area contributed by atoms with E-state index in [4.69, 9.17) is 4.43 Å². The van der Waals surface area contributed by atoms with Crippen molar-refractivity contribution in [2.24, 2.45) is 0 Å². The molecule has 0 saturated heterocycles. The van der Waals surface area contributed by atoms with E-state index in [1.54, 1.807) is 24.3 Å². The predicted octanol–water partition coefficient (Wildman–Crippen LogP) is 7.20. The minimum atomic E-state index is -3.84. The van der Waals surface area contributed by atoms with Gasteiger partial charge in [0.05, 0.1) is 17.6 Å². The summed E-state index contributed by atoms with van der Waals surface area (Å²) in [6, 6.07) is 16.1. The highest BCUT2D eigenvalue weighted by atomic mass is 28.4. The van der Waals surface area contributed by atoms with Gasteiger partial charge in [-0.2, -0.15) is 0 Å². The van der Waals surface area contributed by atoms with Crippen LogP contribution in [0, 0.1) is 0 Å². The van der Waals surface area contributed by atoms with Crippen LogP contribution in [0.25, 0.3) is 0 Å². The van der Waals surface area contributed by atoms with Gasteiger partial charge < -0.3 is 9.53 Å². The number of Topliss-reactive ketones (excluding diaryl/α,β-unsaturated/α-hetero) is 1. The van der Waals surface area contributed by atoms with Gasteiger partial charge in [-0.05, 0) is 24.1 Å². The number of benzene rings is 2. The lowest BCUT2D eigenvalue weighted by molar-refractivity contribution is 0.0790. The predicted molar refractivity (Wildman–Crippen MR) is 128 cm³/mol. The highest BCUT2D eigenvalue weighted by Crippen LogP contribution is 2.52. The van der Waals surface area contributed by atoms with E-state index in [1.165, 1.54) is 0 Å². The highest BCUT2D eigenvalue weighted by molar-refractivity contribution is 6.73. The maximum atomic E-state index is 16.5. The number of halogens is 1. The maximum Gasteiger partial charge on any atom is 0.451 e. The highest BCUT2D eigenvalue weighted by Gasteiger charge is 2.60. The van der Waals surface area contributed by atoms with Gasteiger partial charge in [0, 0.05) is 10.1 Å². The number of carbonyl (C=O) groups is 1. The molecule has 0 fully saturated rings. The summed E-state index contributed by atoms with van der Waals surface area (Å²) >= 11 is 0. The quantitative estimate of drug-likeness (QED) is 0.266. The first-order valence-corrected chi connectivity index (χ1v) is 12.9. The molecule has 2 atom stereocenters. The van der Waals surface area contributed by atoms with Crippen LogP contribution in [0.2, 0.25) is 10.1 Å². The third-order valence-electron chi connectivity index (χ3n) is 5.74. The van der Waals surface area contributed by atoms with Crippen LogP contribution in [-0.4, -0.2) is 25.6 Å². The summed E-state index contributed by atoms with van der Waals surface area (Å²) in [5, 5.41) is 9.46. The number of ketones is 1. The Kier molecular flexibility index (Phi) is 7.88. The summed E-state index contributed by atoms with van der Waals surface area (Å²) in [7, 11) is -3.84. The second kappa shape index (κ2) is 9.66. The van der Waals surface area contributed by atoms with Crippen molar-refractivity contribution in [1.82, 2.24) is 0 Å². The Morgan fingerprint density at radius 3 is 2.00 bits per heavy atom. The SMILES string of the molecule is CCCC(O)[C@@H](C(=O)c1ccccc1O[Si](F)(C(C)(C)C)C(C)(C)C)c1ccccc1. The molecule has 0 radical (unpaired) electrons. The molecule has 31 heavy (non-hydrogen) atoms. The molecular formula is C26H37FO3Si. The van der Waals surface area contributed by atoms with Crippen LogP contribution in [0.3, 0.4) is 0 Å². The average molecular weight is 445 g/mol. The maximum absolute atomic E-state index is 16.5. The second-order valence-electron chi connectivity index (χ2n) is 10.3. The Morgan fingerprint density at radius 2 is 1.48 bits per heavy atom. The van der Waals surface area contributed by atoms with Crippen molar-refractivity contribution in [3.8, 4) is 5.75 Å². The molecule has 2 rings (SSSR count). The van der Waals surface area contributed by atoms with Crippen molar-refractivity contribution in [3.63, 3.8) is 0 Å². The molecule has 0 aliphatic heterocycles. The summed E-state index contributed by atoms with van der Waals surface area (Å²) in [6.45, 7) is 13.1. The third kappa shape index (κ3) is 5.44. The molecule has 0 saturated carbocycles. The Morgan fingerprint density at radius 1 is 0.968 bits per heavy atom. The lowest BCUT2D eigenvalue weighted by Gasteiger charge is -2.43. The van der Waals surface area contributed by atoms with Gasteiger partial charge in [0.2, 0.25) is 0 Å². The number of aliphatic hydroxyl groups is 1. The first kappa shape index (κ1) is 25.3. The lowest BCUT2D eigenvalue weighted by atomic mass is 9.84. The first-order chi connectivity index (χ1) is 14.3. The standard InChI is InChI=1S/C26H37FO3Si/c1-8-14-21(28)23(19-15-10-9-11-16-19)24(29)20-17-12-13-18-22(20)30-31(27,25(2,3)4)26(5,6)7/h9-13,15-18,21,23,28H,8,14H2,1-7H3/t21?,23-/m0/s1. The van der Waals surface area contributed by atoms with Crippen LogP contribution in [-0.2, 0) is 0 Å². The van der Waals surface area contributed by atoms with Crippen molar-refractivity contribution in [2.45, 2.75) is 83.4 Å². The minimum Gasteiger partial charge on any atom is -0.516 e. The molecule has 170 valence electrons. The monoisotopic (exact) mass is 444 g/mol. The molecular weight excluding hydrogens is 407 g/mol.